The molecule has 0 radical (unpaired) electrons. The third kappa shape index (κ3) is 6.13. The van der Waals surface area contributed by atoms with Crippen molar-refractivity contribution in [1.29, 1.82) is 0 Å². The van der Waals surface area contributed by atoms with Gasteiger partial charge in [-0.3, -0.25) is 0 Å². The summed E-state index contributed by atoms with van der Waals surface area (Å²) in [6.45, 7) is 8.15. The quantitative estimate of drug-likeness (QED) is 0.376. The van der Waals surface area contributed by atoms with Crippen molar-refractivity contribution in [1.82, 2.24) is 0 Å². The second-order valence-electron chi connectivity index (χ2n) is 5.43. The number of quaternary nitrogens is 3. The molecular formula is C12H30N3+3. The molecule has 90 valence electrons. The lowest BCUT2D eigenvalue weighted by Crippen LogP contribution is -3.15. The molecule has 1 saturated heterocycles. The Hall–Kier alpha value is -0.120. The minimum absolute atomic E-state index is 1.36. The molecule has 3 nitrogen and oxygen atoms in total. The van der Waals surface area contributed by atoms with Crippen molar-refractivity contribution in [2.24, 2.45) is 0 Å². The number of hydrogen-bond acceptors (Lipinski definition) is 0. The summed E-state index contributed by atoms with van der Waals surface area (Å²) in [6.07, 6.45) is 4.17. The lowest BCUT2D eigenvalue weighted by Gasteiger charge is -2.20. The van der Waals surface area contributed by atoms with Gasteiger partial charge >= 0.3 is 0 Å². The molecule has 1 fully saturated rings. The van der Waals surface area contributed by atoms with E-state index in [1.165, 1.54) is 58.5 Å². The Kier molecular flexibility index (Phi) is 6.22. The summed E-state index contributed by atoms with van der Waals surface area (Å²) in [4.78, 5) is 5.16. The minimum atomic E-state index is 1.36. The second-order valence-corrected chi connectivity index (χ2v) is 5.43. The first-order chi connectivity index (χ1) is 7.18. The standard InChI is InChI=1S/C12H27N3/c1-13-7-4-9-14(2)11-6-12-15(3)10-5-8-13/h4-12H2,1-3H3/p+3. The van der Waals surface area contributed by atoms with Gasteiger partial charge in [0.2, 0.25) is 0 Å². The number of hydrogen-bond donors (Lipinski definition) is 3. The van der Waals surface area contributed by atoms with Crippen LogP contribution in [0.4, 0.5) is 0 Å². The molecule has 1 rings (SSSR count). The molecule has 0 aromatic heterocycles. The maximum atomic E-state index is 2.34. The average Bonchev–Trinajstić information content (AvgIpc) is 2.16. The summed E-state index contributed by atoms with van der Waals surface area (Å²) in [5.74, 6) is 0. The summed E-state index contributed by atoms with van der Waals surface area (Å²) >= 11 is 0. The van der Waals surface area contributed by atoms with Crippen molar-refractivity contribution >= 4 is 0 Å². The fourth-order valence-corrected chi connectivity index (χ4v) is 2.45. The molecule has 0 atom stereocenters. The van der Waals surface area contributed by atoms with Crippen LogP contribution in [0.3, 0.4) is 0 Å². The van der Waals surface area contributed by atoms with Crippen molar-refractivity contribution in [2.45, 2.75) is 19.3 Å². The summed E-state index contributed by atoms with van der Waals surface area (Å²) in [7, 11) is 7.03. The first kappa shape index (κ1) is 12.9. The zero-order chi connectivity index (χ0) is 11.1. The SMILES string of the molecule is C[NH+]1CCC[NH+](C)CCC[NH+](C)CCC1. The van der Waals surface area contributed by atoms with Crippen LogP contribution < -0.4 is 14.7 Å². The first-order valence-corrected chi connectivity index (χ1v) is 6.62. The van der Waals surface area contributed by atoms with Crippen LogP contribution in [0.15, 0.2) is 0 Å². The molecule has 0 spiro atoms. The molecule has 0 bridgehead atoms. The van der Waals surface area contributed by atoms with Gasteiger partial charge in [0.25, 0.3) is 0 Å². The van der Waals surface area contributed by atoms with Crippen molar-refractivity contribution in [3.05, 3.63) is 0 Å². The Balaban J connectivity index is 2.30. The summed E-state index contributed by atoms with van der Waals surface area (Å²) in [5.41, 5.74) is 0. The van der Waals surface area contributed by atoms with E-state index in [0.717, 1.165) is 0 Å². The Morgan fingerprint density at radius 2 is 0.667 bits per heavy atom. The van der Waals surface area contributed by atoms with Gasteiger partial charge in [-0.15, -0.1) is 0 Å². The number of rotatable bonds is 0. The van der Waals surface area contributed by atoms with Gasteiger partial charge in [-0.25, -0.2) is 0 Å². The molecule has 15 heavy (non-hydrogen) atoms. The molecule has 0 aromatic carbocycles. The van der Waals surface area contributed by atoms with Gasteiger partial charge < -0.3 is 14.7 Å². The van der Waals surface area contributed by atoms with Crippen LogP contribution in [0.1, 0.15) is 19.3 Å². The summed E-state index contributed by atoms with van der Waals surface area (Å²) in [6, 6.07) is 0. The third-order valence-corrected chi connectivity index (χ3v) is 3.62. The van der Waals surface area contributed by atoms with E-state index in [2.05, 4.69) is 21.1 Å². The molecule has 1 aliphatic rings. The highest BCUT2D eigenvalue weighted by molar-refractivity contribution is 4.37. The van der Waals surface area contributed by atoms with Gasteiger partial charge in [-0.05, 0) is 0 Å². The van der Waals surface area contributed by atoms with Crippen LogP contribution in [0.2, 0.25) is 0 Å². The Morgan fingerprint density at radius 3 is 0.867 bits per heavy atom. The van der Waals surface area contributed by atoms with Gasteiger partial charge in [-0.2, -0.15) is 0 Å². The van der Waals surface area contributed by atoms with E-state index in [1.54, 1.807) is 14.7 Å². The van der Waals surface area contributed by atoms with Crippen molar-refractivity contribution in [2.75, 3.05) is 60.4 Å². The molecule has 3 N–H and O–H groups in total. The van der Waals surface area contributed by atoms with Crippen LogP contribution >= 0.6 is 0 Å². The van der Waals surface area contributed by atoms with Gasteiger partial charge in [-0.1, -0.05) is 0 Å². The predicted molar refractivity (Wildman–Crippen MR) is 63.7 cm³/mol. The van der Waals surface area contributed by atoms with Gasteiger partial charge in [0.05, 0.1) is 60.4 Å². The predicted octanol–water partition coefficient (Wildman–Crippen LogP) is -3.29. The molecule has 0 aliphatic carbocycles. The van der Waals surface area contributed by atoms with Crippen LogP contribution in [0, 0.1) is 0 Å². The maximum absolute atomic E-state index is 2.34. The van der Waals surface area contributed by atoms with Gasteiger partial charge in [0.15, 0.2) is 0 Å². The normalized spacial score (nSPS) is 36.6. The van der Waals surface area contributed by atoms with E-state index in [-0.39, 0.29) is 0 Å². The molecule has 0 aromatic rings. The smallest absolute Gasteiger partial charge is 0.0823 e. The topological polar surface area (TPSA) is 13.3 Å². The molecule has 1 aliphatic heterocycles. The van der Waals surface area contributed by atoms with E-state index < -0.39 is 0 Å². The Labute approximate surface area is 95.0 Å². The Morgan fingerprint density at radius 1 is 0.467 bits per heavy atom. The van der Waals surface area contributed by atoms with Crippen LogP contribution in [-0.2, 0) is 0 Å². The largest absolute Gasteiger partial charge is 0.337 e. The zero-order valence-electron chi connectivity index (χ0n) is 10.9. The fraction of sp³-hybridized carbons (Fsp3) is 1.00. The highest BCUT2D eigenvalue weighted by atomic mass is 15.1. The molecule has 0 amide bonds. The molecule has 3 heteroatoms. The van der Waals surface area contributed by atoms with Gasteiger partial charge in [0, 0.05) is 19.3 Å². The summed E-state index contributed by atoms with van der Waals surface area (Å²) < 4.78 is 0. The van der Waals surface area contributed by atoms with E-state index in [0.29, 0.717) is 0 Å². The van der Waals surface area contributed by atoms with E-state index in [9.17, 15) is 0 Å². The lowest BCUT2D eigenvalue weighted by molar-refractivity contribution is -0.919. The van der Waals surface area contributed by atoms with E-state index >= 15 is 0 Å². The van der Waals surface area contributed by atoms with E-state index in [1.807, 2.05) is 0 Å². The monoisotopic (exact) mass is 216 g/mol. The van der Waals surface area contributed by atoms with Crippen LogP contribution in [0.5, 0.6) is 0 Å². The average molecular weight is 216 g/mol. The minimum Gasteiger partial charge on any atom is -0.337 e. The van der Waals surface area contributed by atoms with Crippen LogP contribution in [0.25, 0.3) is 0 Å². The number of nitrogens with one attached hydrogen (secondary N) is 3. The van der Waals surface area contributed by atoms with Crippen molar-refractivity contribution in [3.63, 3.8) is 0 Å². The van der Waals surface area contributed by atoms with Crippen molar-refractivity contribution < 1.29 is 14.7 Å². The molecule has 1 heterocycles. The van der Waals surface area contributed by atoms with E-state index in [4.69, 9.17) is 0 Å². The molecule has 0 saturated carbocycles. The lowest BCUT2D eigenvalue weighted by atomic mass is 10.3. The fourth-order valence-electron chi connectivity index (χ4n) is 2.45. The van der Waals surface area contributed by atoms with Gasteiger partial charge in [0.1, 0.15) is 0 Å². The maximum Gasteiger partial charge on any atom is 0.0823 e. The second kappa shape index (κ2) is 7.20. The zero-order valence-corrected chi connectivity index (χ0v) is 10.9. The molecular weight excluding hydrogens is 186 g/mol. The van der Waals surface area contributed by atoms with Crippen molar-refractivity contribution in [3.8, 4) is 0 Å². The highest BCUT2D eigenvalue weighted by Gasteiger charge is 2.10. The third-order valence-electron chi connectivity index (χ3n) is 3.62. The van der Waals surface area contributed by atoms with Crippen LogP contribution in [-0.4, -0.2) is 60.4 Å². The Bertz CT molecular complexity index is 120. The molecule has 0 unspecified atom stereocenters. The first-order valence-electron chi connectivity index (χ1n) is 6.62. The summed E-state index contributed by atoms with van der Waals surface area (Å²) in [5, 5.41) is 0. The highest BCUT2D eigenvalue weighted by Crippen LogP contribution is 1.72.